The molecule has 33 heavy (non-hydrogen) atoms. The summed E-state index contributed by atoms with van der Waals surface area (Å²) in [7, 11) is 0. The van der Waals surface area contributed by atoms with Gasteiger partial charge in [-0.05, 0) is 61.4 Å². The first-order valence-corrected chi connectivity index (χ1v) is 11.5. The summed E-state index contributed by atoms with van der Waals surface area (Å²) >= 11 is 1.31. The molecule has 1 aromatic heterocycles. The molecule has 1 saturated heterocycles. The van der Waals surface area contributed by atoms with E-state index in [4.69, 9.17) is 9.41 Å². The number of amidine groups is 1. The number of carbonyl (C=O) groups is 1. The fraction of sp³-hybridized carbons (Fsp3) is 0.200. The average Bonchev–Trinajstić information content (AvgIpc) is 3.38. The zero-order valence-electron chi connectivity index (χ0n) is 18.6. The Morgan fingerprint density at radius 1 is 1.15 bits per heavy atom. The molecule has 1 aliphatic rings. The highest BCUT2D eigenvalue weighted by Gasteiger charge is 2.32. The molecule has 1 aliphatic heterocycles. The number of hydrogen-bond donors (Lipinski definition) is 0. The van der Waals surface area contributed by atoms with E-state index in [0.717, 1.165) is 23.2 Å². The van der Waals surface area contributed by atoms with Crippen molar-refractivity contribution in [3.63, 3.8) is 0 Å². The number of nitro benzene ring substituents is 1. The number of benzene rings is 2. The molecule has 0 unspecified atom stereocenters. The van der Waals surface area contributed by atoms with Crippen LogP contribution in [0.25, 0.3) is 17.4 Å². The Labute approximate surface area is 196 Å². The minimum absolute atomic E-state index is 0.000215. The van der Waals surface area contributed by atoms with Gasteiger partial charge < -0.3 is 4.42 Å². The van der Waals surface area contributed by atoms with Gasteiger partial charge in [0.2, 0.25) is 0 Å². The maximum absolute atomic E-state index is 13.0. The van der Waals surface area contributed by atoms with Crippen molar-refractivity contribution in [1.29, 1.82) is 0 Å². The van der Waals surface area contributed by atoms with Crippen molar-refractivity contribution >= 4 is 40.3 Å². The lowest BCUT2D eigenvalue weighted by molar-refractivity contribution is -0.384. The number of rotatable bonds is 6. The van der Waals surface area contributed by atoms with Gasteiger partial charge in [-0.1, -0.05) is 31.2 Å². The molecule has 0 atom stereocenters. The van der Waals surface area contributed by atoms with Crippen LogP contribution in [-0.4, -0.2) is 27.4 Å². The average molecular weight is 462 g/mol. The van der Waals surface area contributed by atoms with E-state index in [1.54, 1.807) is 29.2 Å². The third-order valence-corrected chi connectivity index (χ3v) is 6.40. The topological polar surface area (TPSA) is 89.0 Å². The fourth-order valence-electron chi connectivity index (χ4n) is 3.59. The summed E-state index contributed by atoms with van der Waals surface area (Å²) in [6, 6.07) is 16.1. The van der Waals surface area contributed by atoms with E-state index >= 15 is 0 Å². The number of likely N-dealkylation sites (N-methyl/N-ethyl adjacent to an activating group) is 1. The second-order valence-corrected chi connectivity index (χ2v) is 8.50. The first-order chi connectivity index (χ1) is 15.9. The van der Waals surface area contributed by atoms with E-state index in [-0.39, 0.29) is 11.6 Å². The number of aliphatic imine (C=N–C) groups is 1. The van der Waals surface area contributed by atoms with Crippen molar-refractivity contribution in [3.8, 4) is 11.3 Å². The molecule has 1 fully saturated rings. The van der Waals surface area contributed by atoms with Gasteiger partial charge in [-0.15, -0.1) is 0 Å². The Bertz CT molecular complexity index is 1290. The number of non-ortho nitro benzene ring substituents is 1. The minimum Gasteiger partial charge on any atom is -0.457 e. The van der Waals surface area contributed by atoms with E-state index < -0.39 is 4.92 Å². The monoisotopic (exact) mass is 461 g/mol. The van der Waals surface area contributed by atoms with Gasteiger partial charge in [0.25, 0.3) is 11.6 Å². The normalized spacial score (nSPS) is 16.2. The van der Waals surface area contributed by atoms with Crippen molar-refractivity contribution in [2.75, 3.05) is 6.54 Å². The summed E-state index contributed by atoms with van der Waals surface area (Å²) in [5, 5.41) is 11.8. The number of nitrogens with zero attached hydrogens (tertiary/aromatic N) is 3. The largest absolute Gasteiger partial charge is 0.457 e. The fourth-order valence-corrected chi connectivity index (χ4v) is 4.62. The van der Waals surface area contributed by atoms with E-state index in [9.17, 15) is 14.9 Å². The van der Waals surface area contributed by atoms with Crippen LogP contribution >= 0.6 is 11.8 Å². The number of aryl methyl sites for hydroxylation is 2. The number of amides is 1. The first kappa shape index (κ1) is 22.5. The van der Waals surface area contributed by atoms with Crippen LogP contribution in [0.5, 0.6) is 0 Å². The number of carbonyl (C=O) groups excluding carboxylic acids is 1. The number of furan rings is 1. The summed E-state index contributed by atoms with van der Waals surface area (Å²) in [6.45, 7) is 6.36. The Balaban J connectivity index is 1.65. The van der Waals surface area contributed by atoms with Gasteiger partial charge in [-0.2, -0.15) is 0 Å². The van der Waals surface area contributed by atoms with Gasteiger partial charge >= 0.3 is 0 Å². The van der Waals surface area contributed by atoms with Gasteiger partial charge in [0.1, 0.15) is 11.5 Å². The molecule has 7 nitrogen and oxygen atoms in total. The van der Waals surface area contributed by atoms with Crippen LogP contribution in [0.3, 0.4) is 0 Å². The van der Waals surface area contributed by atoms with Crippen LogP contribution < -0.4 is 0 Å². The molecular weight excluding hydrogens is 438 g/mol. The van der Waals surface area contributed by atoms with Crippen molar-refractivity contribution < 1.29 is 14.1 Å². The molecule has 0 spiro atoms. The molecule has 2 heterocycles. The Morgan fingerprint density at radius 3 is 2.67 bits per heavy atom. The summed E-state index contributed by atoms with van der Waals surface area (Å²) < 4.78 is 5.93. The van der Waals surface area contributed by atoms with Crippen molar-refractivity contribution in [3.05, 3.63) is 86.5 Å². The Hall–Kier alpha value is -3.65. The first-order valence-electron chi connectivity index (χ1n) is 10.6. The molecule has 0 N–H and O–H groups in total. The maximum atomic E-state index is 13.0. The third-order valence-electron chi connectivity index (χ3n) is 5.39. The van der Waals surface area contributed by atoms with Crippen LogP contribution in [0.15, 0.2) is 68.9 Å². The van der Waals surface area contributed by atoms with E-state index in [1.807, 2.05) is 38.1 Å². The smallest absolute Gasteiger partial charge is 0.270 e. The zero-order chi connectivity index (χ0) is 23.5. The lowest BCUT2D eigenvalue weighted by atomic mass is 10.1. The molecule has 3 aromatic rings. The molecule has 2 aromatic carbocycles. The van der Waals surface area contributed by atoms with Gasteiger partial charge in [-0.25, -0.2) is 4.99 Å². The van der Waals surface area contributed by atoms with Crippen LogP contribution in [0, 0.1) is 17.0 Å². The van der Waals surface area contributed by atoms with Crippen LogP contribution in [-0.2, 0) is 11.2 Å². The molecule has 1 amide bonds. The standard InChI is InChI=1S/C25H23N3O4S/c1-4-17-8-6-7-9-21(17)26-25-27(5-2)24(29)23(33-25)15-19-12-13-22(32-19)20-14-18(28(30)31)11-10-16(20)3/h6-15H,4-5H2,1-3H3/b23-15+,26-25?. The number of para-hydroxylation sites is 1. The maximum Gasteiger partial charge on any atom is 0.270 e. The molecule has 168 valence electrons. The zero-order valence-corrected chi connectivity index (χ0v) is 19.4. The van der Waals surface area contributed by atoms with E-state index in [2.05, 4.69) is 6.92 Å². The highest BCUT2D eigenvalue weighted by molar-refractivity contribution is 8.18. The highest BCUT2D eigenvalue weighted by atomic mass is 32.2. The molecule has 0 aliphatic carbocycles. The van der Waals surface area contributed by atoms with Crippen LogP contribution in [0.4, 0.5) is 11.4 Å². The number of hydrogen-bond acceptors (Lipinski definition) is 6. The number of nitro groups is 1. The minimum atomic E-state index is -0.431. The molecule has 8 heteroatoms. The molecule has 4 rings (SSSR count). The van der Waals surface area contributed by atoms with Crippen molar-refractivity contribution in [1.82, 2.24) is 4.90 Å². The molecule has 0 radical (unpaired) electrons. The summed E-state index contributed by atoms with van der Waals surface area (Å²) in [5.41, 5.74) is 3.49. The lowest BCUT2D eigenvalue weighted by Crippen LogP contribution is -2.28. The highest BCUT2D eigenvalue weighted by Crippen LogP contribution is 2.36. The van der Waals surface area contributed by atoms with Crippen molar-refractivity contribution in [2.45, 2.75) is 27.2 Å². The van der Waals surface area contributed by atoms with E-state index in [0.29, 0.717) is 33.7 Å². The molecule has 0 bridgehead atoms. The van der Waals surface area contributed by atoms with Gasteiger partial charge in [0.15, 0.2) is 5.17 Å². The number of thioether (sulfide) groups is 1. The summed E-state index contributed by atoms with van der Waals surface area (Å²) in [4.78, 5) is 30.6. The summed E-state index contributed by atoms with van der Waals surface area (Å²) in [6.07, 6.45) is 2.55. The predicted molar refractivity (Wildman–Crippen MR) is 131 cm³/mol. The SMILES string of the molecule is CCc1ccccc1N=C1S/C(=C/c2ccc(-c3cc([N+](=O)[O-])ccc3C)o2)C(=O)N1CC. The third kappa shape index (κ3) is 4.61. The second kappa shape index (κ2) is 9.46. The van der Waals surface area contributed by atoms with Crippen molar-refractivity contribution in [2.24, 2.45) is 4.99 Å². The van der Waals surface area contributed by atoms with Gasteiger partial charge in [-0.3, -0.25) is 19.8 Å². The Kier molecular flexibility index (Phi) is 6.46. The second-order valence-electron chi connectivity index (χ2n) is 7.50. The molecular formula is C25H23N3O4S. The van der Waals surface area contributed by atoms with Gasteiger partial charge in [0.05, 0.1) is 15.5 Å². The van der Waals surface area contributed by atoms with Crippen LogP contribution in [0.1, 0.15) is 30.7 Å². The lowest BCUT2D eigenvalue weighted by Gasteiger charge is -2.12. The van der Waals surface area contributed by atoms with E-state index in [1.165, 1.54) is 23.9 Å². The Morgan fingerprint density at radius 2 is 1.94 bits per heavy atom. The molecule has 0 saturated carbocycles. The van der Waals surface area contributed by atoms with Gasteiger partial charge in [0, 0.05) is 30.3 Å². The quantitative estimate of drug-likeness (QED) is 0.242. The van der Waals surface area contributed by atoms with Crippen LogP contribution in [0.2, 0.25) is 0 Å². The summed E-state index contributed by atoms with van der Waals surface area (Å²) in [5.74, 6) is 0.884. The predicted octanol–water partition coefficient (Wildman–Crippen LogP) is 6.35.